The lowest BCUT2D eigenvalue weighted by atomic mass is 9.94. The highest BCUT2D eigenvalue weighted by molar-refractivity contribution is 6.26. The van der Waals surface area contributed by atoms with Crippen molar-refractivity contribution in [2.75, 3.05) is 44.3 Å². The molecule has 228 valence electrons. The second kappa shape index (κ2) is 11.3. The number of piperazine rings is 1. The highest BCUT2D eigenvalue weighted by atomic mass is 16.5. The highest BCUT2D eigenvalue weighted by Crippen LogP contribution is 2.38. The van der Waals surface area contributed by atoms with Crippen molar-refractivity contribution in [1.82, 2.24) is 14.8 Å². The molecule has 0 spiro atoms. The maximum Gasteiger partial charge on any atom is 0.253 e. The number of para-hydroxylation sites is 1. The molecule has 8 rings (SSSR count). The number of fused-ring (bicyclic) bond motifs is 3. The maximum absolute atomic E-state index is 13.8. The molecule has 0 atom stereocenters. The average Bonchev–Trinajstić information content (AvgIpc) is 3.34. The molecule has 0 saturated carbocycles. The number of amides is 2. The average molecular weight is 609 g/mol. The normalized spacial score (nSPS) is 17.9. The second-order valence-electron chi connectivity index (χ2n) is 12.1. The number of nitrogens with zero attached hydrogens (tertiary/aromatic N) is 4. The molecule has 0 unspecified atom stereocenters. The predicted octanol–water partition coefficient (Wildman–Crippen LogP) is 5.80. The Balaban J connectivity index is 1.24. The smallest absolute Gasteiger partial charge is 0.253 e. The molecule has 3 aliphatic rings. The van der Waals surface area contributed by atoms with Crippen molar-refractivity contribution < 1.29 is 19.1 Å². The van der Waals surface area contributed by atoms with Gasteiger partial charge in [0.25, 0.3) is 5.91 Å². The summed E-state index contributed by atoms with van der Waals surface area (Å²) in [6.07, 6.45) is 1.70. The fourth-order valence-corrected chi connectivity index (χ4v) is 6.88. The largest absolute Gasteiger partial charge is 0.378 e. The number of rotatable bonds is 4. The Morgan fingerprint density at radius 2 is 1.54 bits per heavy atom. The summed E-state index contributed by atoms with van der Waals surface area (Å²) in [5.74, 6) is -0.456. The van der Waals surface area contributed by atoms with Crippen LogP contribution in [0.1, 0.15) is 33.3 Å². The van der Waals surface area contributed by atoms with Gasteiger partial charge in [0.2, 0.25) is 11.7 Å². The van der Waals surface area contributed by atoms with Crippen molar-refractivity contribution in [3.05, 3.63) is 114 Å². The lowest BCUT2D eigenvalue weighted by molar-refractivity contribution is -0.116. The molecule has 1 aromatic heterocycles. The molecule has 8 nitrogen and oxygen atoms in total. The Kier molecular flexibility index (Phi) is 6.96. The van der Waals surface area contributed by atoms with Gasteiger partial charge < -0.3 is 9.64 Å². The Morgan fingerprint density at radius 1 is 0.804 bits per heavy atom. The zero-order valence-corrected chi connectivity index (χ0v) is 25.5. The van der Waals surface area contributed by atoms with E-state index in [9.17, 15) is 14.4 Å². The fraction of sp³-hybridized carbons (Fsp3) is 0.211. The third-order valence-electron chi connectivity index (χ3n) is 9.36. The number of Topliss-reactive ketones (excluding diaryl/α,β-unsaturated/α-hetero) is 1. The van der Waals surface area contributed by atoms with E-state index in [0.29, 0.717) is 47.2 Å². The van der Waals surface area contributed by atoms with Gasteiger partial charge in [-0.25, -0.2) is 4.98 Å². The molecule has 3 aliphatic heterocycles. The number of benzene rings is 4. The first-order valence-corrected chi connectivity index (χ1v) is 15.7. The molecule has 2 amide bonds. The van der Waals surface area contributed by atoms with E-state index in [4.69, 9.17) is 9.72 Å². The Hall–Kier alpha value is -5.18. The summed E-state index contributed by atoms with van der Waals surface area (Å²) in [5, 5.41) is 3.01. The van der Waals surface area contributed by atoms with E-state index in [1.54, 1.807) is 24.3 Å². The number of carbonyl (C=O) groups is 3. The number of allylic oxidation sites excluding steroid dienone is 1. The van der Waals surface area contributed by atoms with Crippen molar-refractivity contribution in [3.63, 3.8) is 0 Å². The number of anilines is 1. The van der Waals surface area contributed by atoms with Gasteiger partial charge in [0.1, 0.15) is 0 Å². The topological polar surface area (TPSA) is 83.1 Å². The monoisotopic (exact) mass is 608 g/mol. The van der Waals surface area contributed by atoms with Crippen LogP contribution in [0, 0.1) is 0 Å². The Morgan fingerprint density at radius 3 is 2.33 bits per heavy atom. The summed E-state index contributed by atoms with van der Waals surface area (Å²) in [5.41, 5.74) is 5.09. The van der Waals surface area contributed by atoms with Crippen LogP contribution in [0.2, 0.25) is 0 Å². The van der Waals surface area contributed by atoms with E-state index < -0.39 is 0 Å². The quantitative estimate of drug-likeness (QED) is 0.240. The minimum atomic E-state index is -0.246. The number of pyridine rings is 1. The number of carbonyl (C=O) groups excluding carboxylic acids is 3. The second-order valence-corrected chi connectivity index (χ2v) is 12.1. The lowest BCUT2D eigenvalue weighted by Gasteiger charge is -2.42. The Labute approximate surface area is 266 Å². The molecule has 4 aromatic carbocycles. The molecule has 8 heteroatoms. The third kappa shape index (κ3) is 4.78. The van der Waals surface area contributed by atoms with Gasteiger partial charge in [-0.15, -0.1) is 0 Å². The molecular weight excluding hydrogens is 576 g/mol. The van der Waals surface area contributed by atoms with Crippen LogP contribution in [0.15, 0.2) is 96.7 Å². The first-order valence-electron chi connectivity index (χ1n) is 15.7. The lowest BCUT2D eigenvalue weighted by Crippen LogP contribution is -2.57. The van der Waals surface area contributed by atoms with Gasteiger partial charge >= 0.3 is 0 Å². The minimum Gasteiger partial charge on any atom is -0.378 e. The summed E-state index contributed by atoms with van der Waals surface area (Å²) < 4.78 is 5.36. The summed E-state index contributed by atoms with van der Waals surface area (Å²) in [7, 11) is 0. The molecule has 46 heavy (non-hydrogen) atoms. The molecule has 0 aliphatic carbocycles. The van der Waals surface area contributed by atoms with Crippen molar-refractivity contribution in [3.8, 4) is 11.1 Å². The van der Waals surface area contributed by atoms with Crippen LogP contribution in [0.25, 0.3) is 38.9 Å². The predicted molar refractivity (Wildman–Crippen MR) is 179 cm³/mol. The number of hydrogen-bond acceptors (Lipinski definition) is 6. The summed E-state index contributed by atoms with van der Waals surface area (Å²) >= 11 is 0. The Bertz CT molecular complexity index is 2090. The van der Waals surface area contributed by atoms with Crippen LogP contribution in [0.4, 0.5) is 5.69 Å². The first-order chi connectivity index (χ1) is 22.5. The fourth-order valence-electron chi connectivity index (χ4n) is 6.88. The van der Waals surface area contributed by atoms with Gasteiger partial charge in [-0.05, 0) is 64.4 Å². The van der Waals surface area contributed by atoms with Crippen molar-refractivity contribution in [2.45, 2.75) is 13.0 Å². The number of ether oxygens (including phenoxy) is 1. The van der Waals surface area contributed by atoms with E-state index in [1.165, 1.54) is 11.8 Å². The van der Waals surface area contributed by atoms with Crippen LogP contribution >= 0.6 is 0 Å². The first kappa shape index (κ1) is 28.3. The molecule has 0 N–H and O–H groups in total. The van der Waals surface area contributed by atoms with Crippen LogP contribution in [-0.4, -0.2) is 77.8 Å². The molecule has 0 radical (unpaired) electrons. The van der Waals surface area contributed by atoms with Crippen LogP contribution < -0.4 is 4.90 Å². The van der Waals surface area contributed by atoms with E-state index in [-0.39, 0.29) is 23.3 Å². The van der Waals surface area contributed by atoms with E-state index in [2.05, 4.69) is 29.2 Å². The summed E-state index contributed by atoms with van der Waals surface area (Å²) in [6.45, 7) is 6.04. The maximum atomic E-state index is 13.8. The number of ketones is 1. The molecular formula is C38H32N4O4. The standard InChI is InChI=1S/C38H32N4O4/c1-24(43)42-35-12-5-4-10-31(35)37(44)36(42)21-27-20-32(30-11-6-8-25-7-2-3-9-29(25)30)33-19-26(13-14-34(33)39-27)38(45)41-17-15-40(16-18-41)28-22-46-23-28/h2-14,19-21,28H,15-18,22-23H2,1H3/b36-21-. The minimum absolute atomic E-state index is 0.00731. The molecule has 2 saturated heterocycles. The molecule has 5 aromatic rings. The van der Waals surface area contributed by atoms with Crippen molar-refractivity contribution in [1.29, 1.82) is 0 Å². The molecule has 4 heterocycles. The number of hydrogen-bond donors (Lipinski definition) is 0. The van der Waals surface area contributed by atoms with Gasteiger partial charge in [0, 0.05) is 49.6 Å². The van der Waals surface area contributed by atoms with Crippen LogP contribution in [0.3, 0.4) is 0 Å². The van der Waals surface area contributed by atoms with Crippen molar-refractivity contribution >= 4 is 51.0 Å². The van der Waals surface area contributed by atoms with Crippen LogP contribution in [0.5, 0.6) is 0 Å². The highest BCUT2D eigenvalue weighted by Gasteiger charge is 2.35. The van der Waals surface area contributed by atoms with Gasteiger partial charge in [-0.2, -0.15) is 0 Å². The van der Waals surface area contributed by atoms with Crippen LogP contribution in [-0.2, 0) is 9.53 Å². The zero-order valence-electron chi connectivity index (χ0n) is 25.5. The van der Waals surface area contributed by atoms with Gasteiger partial charge in [-0.3, -0.25) is 24.2 Å². The van der Waals surface area contributed by atoms with Crippen molar-refractivity contribution in [2.24, 2.45) is 0 Å². The number of aromatic nitrogens is 1. The SMILES string of the molecule is CC(=O)N1/C(=C\c2cc(-c3cccc4ccccc34)c3cc(C(=O)N4CCN(C5COC5)CC4)ccc3n2)C(=O)c2ccccc21. The zero-order chi connectivity index (χ0) is 31.4. The van der Waals surface area contributed by atoms with E-state index in [1.807, 2.05) is 53.4 Å². The molecule has 0 bridgehead atoms. The van der Waals surface area contributed by atoms with E-state index >= 15 is 0 Å². The third-order valence-corrected chi connectivity index (χ3v) is 9.36. The van der Waals surface area contributed by atoms with Gasteiger partial charge in [0.05, 0.1) is 41.9 Å². The molecule has 2 fully saturated rings. The van der Waals surface area contributed by atoms with E-state index in [0.717, 1.165) is 53.6 Å². The van der Waals surface area contributed by atoms with Gasteiger partial charge in [-0.1, -0.05) is 54.6 Å². The van der Waals surface area contributed by atoms with Gasteiger partial charge in [0.15, 0.2) is 0 Å². The summed E-state index contributed by atoms with van der Waals surface area (Å²) in [4.78, 5) is 50.8. The summed E-state index contributed by atoms with van der Waals surface area (Å²) in [6, 6.07) is 29.6.